The van der Waals surface area contributed by atoms with Crippen LogP contribution in [0.1, 0.15) is 46.0 Å². The molecule has 0 saturated heterocycles. The van der Waals surface area contributed by atoms with Crippen LogP contribution in [0.3, 0.4) is 0 Å². The summed E-state index contributed by atoms with van der Waals surface area (Å²) in [7, 11) is 0. The van der Waals surface area contributed by atoms with Crippen LogP contribution in [0.25, 0.3) is 0 Å². The Morgan fingerprint density at radius 1 is 1.33 bits per heavy atom. The van der Waals surface area contributed by atoms with Gasteiger partial charge in [-0.25, -0.2) is 4.79 Å². The molecule has 0 spiro atoms. The molecule has 1 fully saturated rings. The van der Waals surface area contributed by atoms with Crippen molar-refractivity contribution >= 4 is 6.03 Å². The number of carbonyl (C=O) groups excluding carboxylic acids is 1. The lowest BCUT2D eigenvalue weighted by Crippen LogP contribution is -2.41. The maximum Gasteiger partial charge on any atom is 0.314 e. The minimum atomic E-state index is -0.0717. The average Bonchev–Trinajstić information content (AvgIpc) is 2.36. The smallest absolute Gasteiger partial charge is 0.314 e. The number of rotatable bonds is 6. The van der Waals surface area contributed by atoms with Crippen molar-refractivity contribution in [3.8, 4) is 0 Å². The SMILES string of the molecule is CC(CCO)CNC(=O)NCC1CCCCC1C. The molecule has 0 aromatic rings. The van der Waals surface area contributed by atoms with Gasteiger partial charge < -0.3 is 15.7 Å². The van der Waals surface area contributed by atoms with Crippen molar-refractivity contribution in [3.05, 3.63) is 0 Å². The zero-order chi connectivity index (χ0) is 13.4. The van der Waals surface area contributed by atoms with Crippen molar-refractivity contribution in [1.29, 1.82) is 0 Å². The second-order valence-corrected chi connectivity index (χ2v) is 5.73. The van der Waals surface area contributed by atoms with Gasteiger partial charge in [-0.15, -0.1) is 0 Å². The summed E-state index contributed by atoms with van der Waals surface area (Å²) in [5.74, 6) is 1.70. The summed E-state index contributed by atoms with van der Waals surface area (Å²) in [5.41, 5.74) is 0. The molecule has 1 aliphatic carbocycles. The molecule has 0 aromatic carbocycles. The number of amides is 2. The van der Waals surface area contributed by atoms with Crippen LogP contribution in [0.15, 0.2) is 0 Å². The summed E-state index contributed by atoms with van der Waals surface area (Å²) >= 11 is 0. The summed E-state index contributed by atoms with van der Waals surface area (Å²) in [5, 5.41) is 14.6. The predicted molar refractivity (Wildman–Crippen MR) is 73.4 cm³/mol. The number of nitrogens with one attached hydrogen (secondary N) is 2. The number of urea groups is 1. The lowest BCUT2D eigenvalue weighted by molar-refractivity contribution is 0.220. The quantitative estimate of drug-likeness (QED) is 0.682. The van der Waals surface area contributed by atoms with Crippen molar-refractivity contribution in [2.45, 2.75) is 46.0 Å². The van der Waals surface area contributed by atoms with Crippen molar-refractivity contribution in [3.63, 3.8) is 0 Å². The molecule has 3 unspecified atom stereocenters. The Morgan fingerprint density at radius 2 is 2.06 bits per heavy atom. The normalized spacial score (nSPS) is 25.5. The Morgan fingerprint density at radius 3 is 2.72 bits per heavy atom. The van der Waals surface area contributed by atoms with Crippen molar-refractivity contribution < 1.29 is 9.90 Å². The van der Waals surface area contributed by atoms with E-state index in [2.05, 4.69) is 17.6 Å². The van der Waals surface area contributed by atoms with Gasteiger partial charge >= 0.3 is 6.03 Å². The van der Waals surface area contributed by atoms with Gasteiger partial charge in [0.15, 0.2) is 0 Å². The molecule has 3 atom stereocenters. The fraction of sp³-hybridized carbons (Fsp3) is 0.929. The van der Waals surface area contributed by atoms with Gasteiger partial charge in [-0.3, -0.25) is 0 Å². The lowest BCUT2D eigenvalue weighted by Gasteiger charge is -2.28. The molecule has 18 heavy (non-hydrogen) atoms. The third-order valence-corrected chi connectivity index (χ3v) is 4.05. The highest BCUT2D eigenvalue weighted by atomic mass is 16.3. The zero-order valence-electron chi connectivity index (χ0n) is 11.7. The molecule has 1 saturated carbocycles. The molecule has 0 bridgehead atoms. The van der Waals surface area contributed by atoms with Crippen LogP contribution >= 0.6 is 0 Å². The number of aliphatic hydroxyl groups is 1. The van der Waals surface area contributed by atoms with E-state index in [0.717, 1.165) is 18.9 Å². The Labute approximate surface area is 111 Å². The number of hydrogen-bond acceptors (Lipinski definition) is 2. The van der Waals surface area contributed by atoms with E-state index in [9.17, 15) is 4.79 Å². The molecular weight excluding hydrogens is 228 g/mol. The molecule has 0 heterocycles. The average molecular weight is 256 g/mol. The topological polar surface area (TPSA) is 61.4 Å². The van der Waals surface area contributed by atoms with E-state index < -0.39 is 0 Å². The number of hydrogen-bond donors (Lipinski definition) is 3. The standard InChI is InChI=1S/C14H28N2O2/c1-11(7-8-17)9-15-14(18)16-10-13-6-4-3-5-12(13)2/h11-13,17H,3-10H2,1-2H3,(H2,15,16,18). The van der Waals surface area contributed by atoms with Crippen LogP contribution < -0.4 is 10.6 Å². The summed E-state index contributed by atoms with van der Waals surface area (Å²) in [4.78, 5) is 11.6. The Bertz CT molecular complexity index is 246. The van der Waals surface area contributed by atoms with Crippen LogP contribution in [0.5, 0.6) is 0 Å². The van der Waals surface area contributed by atoms with E-state index in [1.807, 2.05) is 6.92 Å². The molecule has 0 radical (unpaired) electrons. The van der Waals surface area contributed by atoms with Crippen LogP contribution in [0.2, 0.25) is 0 Å². The largest absolute Gasteiger partial charge is 0.396 e. The molecule has 106 valence electrons. The first-order valence-electron chi connectivity index (χ1n) is 7.26. The van der Waals surface area contributed by atoms with Gasteiger partial charge in [-0.05, 0) is 30.6 Å². The monoisotopic (exact) mass is 256 g/mol. The van der Waals surface area contributed by atoms with E-state index in [-0.39, 0.29) is 12.6 Å². The van der Waals surface area contributed by atoms with E-state index in [0.29, 0.717) is 18.4 Å². The molecule has 0 aromatic heterocycles. The van der Waals surface area contributed by atoms with Gasteiger partial charge in [0.2, 0.25) is 0 Å². The fourth-order valence-corrected chi connectivity index (χ4v) is 2.57. The van der Waals surface area contributed by atoms with Crippen LogP contribution in [-0.4, -0.2) is 30.8 Å². The van der Waals surface area contributed by atoms with E-state index in [4.69, 9.17) is 5.11 Å². The Hall–Kier alpha value is -0.770. The molecular formula is C14H28N2O2. The highest BCUT2D eigenvalue weighted by Crippen LogP contribution is 2.28. The van der Waals surface area contributed by atoms with Crippen molar-refractivity contribution in [2.24, 2.45) is 17.8 Å². The summed E-state index contributed by atoms with van der Waals surface area (Å²) in [6.45, 7) is 5.92. The van der Waals surface area contributed by atoms with E-state index >= 15 is 0 Å². The second kappa shape index (κ2) is 8.35. The third-order valence-electron chi connectivity index (χ3n) is 4.05. The first-order chi connectivity index (χ1) is 8.63. The first-order valence-corrected chi connectivity index (χ1v) is 7.26. The van der Waals surface area contributed by atoms with Gasteiger partial charge in [0.1, 0.15) is 0 Å². The Balaban J connectivity index is 2.12. The summed E-state index contributed by atoms with van der Waals surface area (Å²) in [6.07, 6.45) is 5.90. The van der Waals surface area contributed by atoms with Gasteiger partial charge in [0, 0.05) is 19.7 Å². The van der Waals surface area contributed by atoms with Crippen molar-refractivity contribution in [2.75, 3.05) is 19.7 Å². The fourth-order valence-electron chi connectivity index (χ4n) is 2.57. The lowest BCUT2D eigenvalue weighted by atomic mass is 9.80. The molecule has 2 amide bonds. The highest BCUT2D eigenvalue weighted by molar-refractivity contribution is 5.73. The van der Waals surface area contributed by atoms with Gasteiger partial charge in [0.05, 0.1) is 0 Å². The maximum atomic E-state index is 11.6. The molecule has 1 aliphatic rings. The van der Waals surface area contributed by atoms with Gasteiger partial charge in [-0.2, -0.15) is 0 Å². The maximum absolute atomic E-state index is 11.6. The molecule has 4 nitrogen and oxygen atoms in total. The minimum Gasteiger partial charge on any atom is -0.396 e. The summed E-state index contributed by atoms with van der Waals surface area (Å²) < 4.78 is 0. The van der Waals surface area contributed by atoms with E-state index in [1.165, 1.54) is 25.7 Å². The van der Waals surface area contributed by atoms with Crippen LogP contribution in [-0.2, 0) is 0 Å². The highest BCUT2D eigenvalue weighted by Gasteiger charge is 2.21. The van der Waals surface area contributed by atoms with E-state index in [1.54, 1.807) is 0 Å². The first kappa shape index (κ1) is 15.3. The third kappa shape index (κ3) is 5.71. The van der Waals surface area contributed by atoms with Crippen molar-refractivity contribution in [1.82, 2.24) is 10.6 Å². The van der Waals surface area contributed by atoms with Gasteiger partial charge in [0.25, 0.3) is 0 Å². The molecule has 0 aliphatic heterocycles. The Kier molecular flexibility index (Phi) is 7.09. The van der Waals surface area contributed by atoms with Crippen LogP contribution in [0.4, 0.5) is 4.79 Å². The minimum absolute atomic E-state index is 0.0717. The number of carbonyl (C=O) groups is 1. The molecule has 1 rings (SSSR count). The van der Waals surface area contributed by atoms with Crippen LogP contribution in [0, 0.1) is 17.8 Å². The molecule has 4 heteroatoms. The molecule has 3 N–H and O–H groups in total. The van der Waals surface area contributed by atoms with Gasteiger partial charge in [-0.1, -0.05) is 33.1 Å². The zero-order valence-corrected chi connectivity index (χ0v) is 11.7. The number of aliphatic hydroxyl groups excluding tert-OH is 1. The summed E-state index contributed by atoms with van der Waals surface area (Å²) in [6, 6.07) is -0.0717. The second-order valence-electron chi connectivity index (χ2n) is 5.73. The predicted octanol–water partition coefficient (Wildman–Crippen LogP) is 2.13.